The first-order valence-electron chi connectivity index (χ1n) is 7.05. The number of rotatable bonds is 2. The van der Waals surface area contributed by atoms with E-state index < -0.39 is 0 Å². The topological polar surface area (TPSA) is 49.6 Å². The monoisotopic (exact) mass is 259 g/mol. The molecule has 1 fully saturated rings. The number of benzene rings is 1. The van der Waals surface area contributed by atoms with Gasteiger partial charge in [-0.3, -0.25) is 9.69 Å². The normalized spacial score (nSPS) is 20.6. The molecule has 0 radical (unpaired) electrons. The number of carbonyl (C=O) groups is 1. The highest BCUT2D eigenvalue weighted by atomic mass is 16.2. The fourth-order valence-corrected chi connectivity index (χ4v) is 2.91. The smallest absolute Gasteiger partial charge is 0.237 e. The third-order valence-corrected chi connectivity index (χ3v) is 4.18. The summed E-state index contributed by atoms with van der Waals surface area (Å²) in [7, 11) is 0. The minimum atomic E-state index is 0.242. The minimum absolute atomic E-state index is 0.242. The predicted octanol–water partition coefficient (Wildman–Crippen LogP) is 0.952. The van der Waals surface area contributed by atoms with E-state index in [4.69, 9.17) is 5.73 Å². The van der Waals surface area contributed by atoms with Crippen LogP contribution in [-0.4, -0.2) is 41.4 Å². The molecule has 102 valence electrons. The summed E-state index contributed by atoms with van der Waals surface area (Å²) in [4.78, 5) is 16.5. The van der Waals surface area contributed by atoms with E-state index in [-0.39, 0.29) is 5.91 Å². The first-order chi connectivity index (χ1) is 9.22. The zero-order chi connectivity index (χ0) is 13.2. The van der Waals surface area contributed by atoms with Crippen LogP contribution in [0.2, 0.25) is 0 Å². The lowest BCUT2D eigenvalue weighted by Gasteiger charge is -2.30. The average molecular weight is 259 g/mol. The third kappa shape index (κ3) is 2.80. The molecule has 3 rings (SSSR count). The van der Waals surface area contributed by atoms with E-state index in [2.05, 4.69) is 17.0 Å². The second kappa shape index (κ2) is 5.31. The van der Waals surface area contributed by atoms with Gasteiger partial charge in [-0.2, -0.15) is 0 Å². The molecule has 0 saturated carbocycles. The van der Waals surface area contributed by atoms with Crippen LogP contribution in [0.25, 0.3) is 0 Å². The first kappa shape index (κ1) is 12.6. The fourth-order valence-electron chi connectivity index (χ4n) is 2.91. The molecule has 0 aromatic heterocycles. The largest absolute Gasteiger partial charge is 0.333 e. The van der Waals surface area contributed by atoms with E-state index in [0.29, 0.717) is 12.6 Å². The van der Waals surface area contributed by atoms with Gasteiger partial charge >= 0.3 is 0 Å². The van der Waals surface area contributed by atoms with Crippen molar-refractivity contribution in [1.29, 1.82) is 0 Å². The summed E-state index contributed by atoms with van der Waals surface area (Å²) < 4.78 is 0. The molecule has 1 aromatic rings. The summed E-state index contributed by atoms with van der Waals surface area (Å²) in [6.07, 6.45) is 2.01. The number of nitrogens with zero attached hydrogens (tertiary/aromatic N) is 2. The Labute approximate surface area is 114 Å². The molecular formula is C15H21N3O. The zero-order valence-electron chi connectivity index (χ0n) is 11.2. The molecule has 0 bridgehead atoms. The van der Waals surface area contributed by atoms with Crippen molar-refractivity contribution < 1.29 is 4.79 Å². The number of carbonyl (C=O) groups excluding carboxylic acids is 1. The highest BCUT2D eigenvalue weighted by molar-refractivity contribution is 5.79. The van der Waals surface area contributed by atoms with Crippen molar-refractivity contribution in [2.75, 3.05) is 19.6 Å². The Morgan fingerprint density at radius 1 is 1.16 bits per heavy atom. The Bertz CT molecular complexity index is 441. The van der Waals surface area contributed by atoms with E-state index in [1.54, 1.807) is 0 Å². The summed E-state index contributed by atoms with van der Waals surface area (Å²) in [5.41, 5.74) is 8.46. The van der Waals surface area contributed by atoms with Crippen molar-refractivity contribution in [2.24, 2.45) is 5.73 Å². The van der Waals surface area contributed by atoms with Gasteiger partial charge in [-0.1, -0.05) is 24.3 Å². The second-order valence-electron chi connectivity index (χ2n) is 5.63. The first-order valence-corrected chi connectivity index (χ1v) is 7.05. The van der Waals surface area contributed by atoms with Crippen LogP contribution in [0.4, 0.5) is 0 Å². The summed E-state index contributed by atoms with van der Waals surface area (Å²) in [6, 6.07) is 8.63. The lowest BCUT2D eigenvalue weighted by molar-refractivity contribution is -0.133. The van der Waals surface area contributed by atoms with Gasteiger partial charge in [-0.15, -0.1) is 0 Å². The summed E-state index contributed by atoms with van der Waals surface area (Å²) >= 11 is 0. The lowest BCUT2D eigenvalue weighted by atomic mass is 10.1. The highest BCUT2D eigenvalue weighted by Crippen LogP contribution is 2.22. The Kier molecular flexibility index (Phi) is 3.53. The molecule has 1 amide bonds. The molecule has 0 unspecified atom stereocenters. The van der Waals surface area contributed by atoms with Gasteiger partial charge < -0.3 is 10.6 Å². The van der Waals surface area contributed by atoms with Crippen molar-refractivity contribution in [2.45, 2.75) is 32.0 Å². The van der Waals surface area contributed by atoms with Gasteiger partial charge in [0.25, 0.3) is 0 Å². The van der Waals surface area contributed by atoms with Gasteiger partial charge in [0.1, 0.15) is 0 Å². The Hall–Kier alpha value is -1.39. The van der Waals surface area contributed by atoms with Crippen LogP contribution in [0.1, 0.15) is 24.0 Å². The Morgan fingerprint density at radius 3 is 2.32 bits per heavy atom. The van der Waals surface area contributed by atoms with Crippen LogP contribution in [0.15, 0.2) is 24.3 Å². The van der Waals surface area contributed by atoms with Gasteiger partial charge in [0, 0.05) is 32.2 Å². The van der Waals surface area contributed by atoms with Gasteiger partial charge in [-0.05, 0) is 24.0 Å². The van der Waals surface area contributed by atoms with E-state index in [9.17, 15) is 4.79 Å². The van der Waals surface area contributed by atoms with Crippen LogP contribution in [0, 0.1) is 0 Å². The Morgan fingerprint density at radius 2 is 1.74 bits per heavy atom. The van der Waals surface area contributed by atoms with Crippen molar-refractivity contribution in [3.8, 4) is 0 Å². The number of likely N-dealkylation sites (tertiary alicyclic amines) is 1. The number of hydrogen-bond acceptors (Lipinski definition) is 3. The highest BCUT2D eigenvalue weighted by Gasteiger charge is 2.25. The summed E-state index contributed by atoms with van der Waals surface area (Å²) in [5.74, 6) is 0.242. The molecular weight excluding hydrogens is 238 g/mol. The molecule has 0 aliphatic carbocycles. The van der Waals surface area contributed by atoms with E-state index in [0.717, 1.165) is 39.0 Å². The standard InChI is InChI=1S/C15H21N3O/c16-14-5-7-17(8-6-14)11-15(19)18-9-12-3-1-2-4-13(12)10-18/h1-4,14H,5-11,16H2. The third-order valence-electron chi connectivity index (χ3n) is 4.18. The summed E-state index contributed by atoms with van der Waals surface area (Å²) in [6.45, 7) is 3.98. The van der Waals surface area contributed by atoms with Gasteiger partial charge in [0.2, 0.25) is 5.91 Å². The maximum Gasteiger partial charge on any atom is 0.237 e. The second-order valence-corrected chi connectivity index (χ2v) is 5.63. The molecule has 2 N–H and O–H groups in total. The lowest BCUT2D eigenvalue weighted by Crippen LogP contribution is -2.44. The van der Waals surface area contributed by atoms with E-state index >= 15 is 0 Å². The van der Waals surface area contributed by atoms with Crippen LogP contribution >= 0.6 is 0 Å². The number of nitrogens with two attached hydrogens (primary N) is 1. The molecule has 0 atom stereocenters. The number of piperidine rings is 1. The Balaban J connectivity index is 1.55. The minimum Gasteiger partial charge on any atom is -0.333 e. The summed E-state index contributed by atoms with van der Waals surface area (Å²) in [5, 5.41) is 0. The molecule has 19 heavy (non-hydrogen) atoms. The number of hydrogen-bond donors (Lipinski definition) is 1. The molecule has 2 aliphatic heterocycles. The van der Waals surface area contributed by atoms with Crippen LogP contribution in [0.3, 0.4) is 0 Å². The molecule has 0 spiro atoms. The molecule has 2 heterocycles. The van der Waals surface area contributed by atoms with Crippen LogP contribution < -0.4 is 5.73 Å². The molecule has 1 saturated heterocycles. The molecule has 4 nitrogen and oxygen atoms in total. The maximum absolute atomic E-state index is 12.3. The van der Waals surface area contributed by atoms with Crippen molar-refractivity contribution >= 4 is 5.91 Å². The fraction of sp³-hybridized carbons (Fsp3) is 0.533. The van der Waals surface area contributed by atoms with Gasteiger partial charge in [0.05, 0.1) is 6.54 Å². The molecule has 1 aromatic carbocycles. The van der Waals surface area contributed by atoms with E-state index in [1.165, 1.54) is 11.1 Å². The van der Waals surface area contributed by atoms with Crippen molar-refractivity contribution in [1.82, 2.24) is 9.80 Å². The van der Waals surface area contributed by atoms with Crippen LogP contribution in [0.5, 0.6) is 0 Å². The SMILES string of the molecule is NC1CCN(CC(=O)N2Cc3ccccc3C2)CC1. The average Bonchev–Trinajstić information content (AvgIpc) is 2.85. The maximum atomic E-state index is 12.3. The van der Waals surface area contributed by atoms with Crippen molar-refractivity contribution in [3.63, 3.8) is 0 Å². The van der Waals surface area contributed by atoms with Gasteiger partial charge in [0.15, 0.2) is 0 Å². The predicted molar refractivity (Wildman–Crippen MR) is 74.3 cm³/mol. The van der Waals surface area contributed by atoms with E-state index in [1.807, 2.05) is 17.0 Å². The number of fused-ring (bicyclic) bond motifs is 1. The zero-order valence-corrected chi connectivity index (χ0v) is 11.2. The van der Waals surface area contributed by atoms with Crippen molar-refractivity contribution in [3.05, 3.63) is 35.4 Å². The molecule has 2 aliphatic rings. The van der Waals surface area contributed by atoms with Crippen LogP contribution in [-0.2, 0) is 17.9 Å². The quantitative estimate of drug-likeness (QED) is 0.860. The van der Waals surface area contributed by atoms with Gasteiger partial charge in [-0.25, -0.2) is 0 Å². The molecule has 4 heteroatoms. The number of amides is 1.